The van der Waals surface area contributed by atoms with Crippen LogP contribution in [0.15, 0.2) is 0 Å². The van der Waals surface area contributed by atoms with Crippen LogP contribution in [0.3, 0.4) is 0 Å². The predicted octanol–water partition coefficient (Wildman–Crippen LogP) is -5.59. The van der Waals surface area contributed by atoms with Crippen LogP contribution in [0.1, 0.15) is 0 Å². The molecule has 0 aromatic carbocycles. The summed E-state index contributed by atoms with van der Waals surface area (Å²) < 4.78 is 3.03. The van der Waals surface area contributed by atoms with Crippen molar-refractivity contribution in [2.75, 3.05) is 0 Å². The van der Waals surface area contributed by atoms with Crippen LogP contribution in [0.2, 0.25) is 0 Å². The van der Waals surface area contributed by atoms with Crippen molar-refractivity contribution >= 4 is 14.6 Å². The van der Waals surface area contributed by atoms with Gasteiger partial charge in [0.05, 0.1) is 0 Å². The molecule has 56 valence electrons. The van der Waals surface area contributed by atoms with Crippen molar-refractivity contribution in [2.24, 2.45) is 0 Å². The summed E-state index contributed by atoms with van der Waals surface area (Å²) in [5.74, 6) is 0. The van der Waals surface area contributed by atoms with Gasteiger partial charge in [-0.1, -0.05) is 0 Å². The minimum Gasteiger partial charge on any atom is -0.872 e. The van der Waals surface area contributed by atoms with E-state index in [0.29, 0.717) is 0 Å². The van der Waals surface area contributed by atoms with Crippen molar-refractivity contribution in [3.8, 4) is 0 Å². The maximum atomic E-state index is 9.16. The molecule has 9 heavy (non-hydrogen) atoms. The second-order valence-electron chi connectivity index (χ2n) is 0.713. The summed E-state index contributed by atoms with van der Waals surface area (Å²) >= 11 is 0. The summed E-state index contributed by atoms with van der Waals surface area (Å²) in [6.45, 7) is 0. The molecule has 0 fully saturated rings. The average Bonchev–Trinajstić information content (AvgIpc) is 1.27. The molecule has 0 amide bonds. The first-order valence-electron chi connectivity index (χ1n) is 1.41. The number of hydrogen-bond acceptors (Lipinski definition) is 5. The van der Waals surface area contributed by atoms with E-state index in [2.05, 4.69) is 4.57 Å². The quantitative estimate of drug-likeness (QED) is 0.431. The van der Waals surface area contributed by atoms with Crippen LogP contribution in [0.25, 0.3) is 0 Å². The summed E-state index contributed by atoms with van der Waals surface area (Å²) in [7, 11) is -5.50. The number of hydrogen-bond donors (Lipinski definition) is 0. The first kappa shape index (κ1) is 16.5. The van der Waals surface area contributed by atoms with Gasteiger partial charge in [-0.3, -0.25) is 0 Å². The Hall–Kier alpha value is 0.917. The maximum Gasteiger partial charge on any atom is 2.00 e. The summed E-state index contributed by atoms with van der Waals surface area (Å²) in [5, 5.41) is 36.6. The second kappa shape index (κ2) is 8.92. The third-order valence-electron chi connectivity index (χ3n) is 0.222. The van der Waals surface area contributed by atoms with E-state index in [1.165, 1.54) is 0 Å². The third kappa shape index (κ3) is 17.6. The fourth-order valence-corrected chi connectivity index (χ4v) is 0.0907. The standard InChI is InChI=1S/B2O5.2Ni/c3-1(4)7-2(5)6;;/q-4;2*+2. The molecule has 0 aliphatic rings. The van der Waals surface area contributed by atoms with Gasteiger partial charge in [0.2, 0.25) is 0 Å². The van der Waals surface area contributed by atoms with Crippen LogP contribution in [-0.2, 0) is 37.6 Å². The second-order valence-corrected chi connectivity index (χ2v) is 0.713. The Labute approximate surface area is 72.6 Å². The summed E-state index contributed by atoms with van der Waals surface area (Å²) in [6.07, 6.45) is 0. The molecule has 9 heteroatoms. The van der Waals surface area contributed by atoms with Gasteiger partial charge in [0.1, 0.15) is 0 Å². The minimum atomic E-state index is -2.75. The monoisotopic (exact) mass is 218 g/mol. The van der Waals surface area contributed by atoms with Crippen LogP contribution in [0, 0.1) is 0 Å². The molecule has 0 aliphatic carbocycles. The van der Waals surface area contributed by atoms with Crippen molar-refractivity contribution in [3.63, 3.8) is 0 Å². The number of rotatable bonds is 2. The zero-order valence-electron chi connectivity index (χ0n) is 3.83. The Morgan fingerprint density at radius 2 is 1.00 bits per heavy atom. The molecular weight excluding hydrogens is 219 g/mol. The molecule has 0 radical (unpaired) electrons. The van der Waals surface area contributed by atoms with Crippen molar-refractivity contribution in [3.05, 3.63) is 0 Å². The maximum absolute atomic E-state index is 9.16. The molecule has 0 unspecified atom stereocenters. The zero-order valence-corrected chi connectivity index (χ0v) is 5.80. The van der Waals surface area contributed by atoms with Crippen molar-refractivity contribution in [1.82, 2.24) is 0 Å². The van der Waals surface area contributed by atoms with E-state index < -0.39 is 14.6 Å². The van der Waals surface area contributed by atoms with Crippen LogP contribution in [0.5, 0.6) is 0 Å². The largest absolute Gasteiger partial charge is 2.00 e. The van der Waals surface area contributed by atoms with Crippen molar-refractivity contribution in [1.29, 1.82) is 0 Å². The van der Waals surface area contributed by atoms with Crippen LogP contribution in [0.4, 0.5) is 0 Å². The molecule has 0 rings (SSSR count). The molecule has 0 atom stereocenters. The predicted molar refractivity (Wildman–Crippen MR) is 12.6 cm³/mol. The molecule has 0 bridgehead atoms. The van der Waals surface area contributed by atoms with E-state index in [0.717, 1.165) is 0 Å². The molecule has 0 spiro atoms. The Bertz CT molecular complexity index is 42.2. The van der Waals surface area contributed by atoms with E-state index in [1.807, 2.05) is 0 Å². The Balaban J connectivity index is -0.000000180. The van der Waals surface area contributed by atoms with E-state index in [-0.39, 0.29) is 33.0 Å². The van der Waals surface area contributed by atoms with Crippen LogP contribution < -0.4 is 20.1 Å². The van der Waals surface area contributed by atoms with E-state index in [9.17, 15) is 0 Å². The molecule has 0 saturated heterocycles. The summed E-state index contributed by atoms with van der Waals surface area (Å²) in [5.41, 5.74) is 0. The van der Waals surface area contributed by atoms with Gasteiger partial charge in [-0.15, -0.1) is 0 Å². The SMILES string of the molecule is [Ni+2].[Ni+2].[O-]B([O-])OB([O-])[O-]. The van der Waals surface area contributed by atoms with Gasteiger partial charge in [0.25, 0.3) is 0 Å². The summed E-state index contributed by atoms with van der Waals surface area (Å²) in [4.78, 5) is 0. The van der Waals surface area contributed by atoms with Crippen molar-refractivity contribution < 1.29 is 57.7 Å². The van der Waals surface area contributed by atoms with Gasteiger partial charge < -0.3 is 24.7 Å². The first-order chi connectivity index (χ1) is 3.13. The fourth-order valence-electron chi connectivity index (χ4n) is 0.0907. The Morgan fingerprint density at radius 1 is 0.778 bits per heavy atom. The smallest absolute Gasteiger partial charge is 0.872 e. The van der Waals surface area contributed by atoms with Crippen molar-refractivity contribution in [2.45, 2.75) is 0 Å². The topological polar surface area (TPSA) is 101 Å². The third-order valence-corrected chi connectivity index (χ3v) is 0.222. The van der Waals surface area contributed by atoms with Crippen LogP contribution in [-0.4, -0.2) is 14.6 Å². The molecule has 0 heterocycles. The van der Waals surface area contributed by atoms with E-state index in [1.54, 1.807) is 0 Å². The fraction of sp³-hybridized carbons (Fsp3) is 0. The van der Waals surface area contributed by atoms with Gasteiger partial charge in [-0.25, -0.2) is 0 Å². The van der Waals surface area contributed by atoms with Gasteiger partial charge in [-0.2, -0.15) is 0 Å². The molecule has 0 N–H and O–H groups in total. The van der Waals surface area contributed by atoms with E-state index >= 15 is 0 Å². The summed E-state index contributed by atoms with van der Waals surface area (Å²) in [6, 6.07) is 0. The molecule has 5 nitrogen and oxygen atoms in total. The van der Waals surface area contributed by atoms with Gasteiger partial charge in [0.15, 0.2) is 0 Å². The molecule has 0 saturated carbocycles. The van der Waals surface area contributed by atoms with Gasteiger partial charge in [-0.05, 0) is 0 Å². The normalized spacial score (nSPS) is 6.67. The Kier molecular flexibility index (Phi) is 16.3. The zero-order chi connectivity index (χ0) is 5.86. The first-order valence-corrected chi connectivity index (χ1v) is 1.41. The Morgan fingerprint density at radius 3 is 1.00 bits per heavy atom. The molecule has 0 aliphatic heterocycles. The molecule has 0 aromatic rings. The minimum absolute atomic E-state index is 0. The van der Waals surface area contributed by atoms with E-state index in [4.69, 9.17) is 20.1 Å². The molecular formula is B2Ni2O5. The average molecular weight is 219 g/mol. The van der Waals surface area contributed by atoms with Gasteiger partial charge >= 0.3 is 33.0 Å². The molecule has 0 aromatic heterocycles. The van der Waals surface area contributed by atoms with Gasteiger partial charge in [0, 0.05) is 14.6 Å². The van der Waals surface area contributed by atoms with Crippen LogP contribution >= 0.6 is 0 Å².